The molecular weight excluding hydrogens is 668 g/mol. The monoisotopic (exact) mass is 716 g/mol. The Morgan fingerprint density at radius 1 is 0.462 bits per heavy atom. The van der Waals surface area contributed by atoms with Gasteiger partial charge in [0.1, 0.15) is 48.8 Å². The average Bonchev–Trinajstić information content (AvgIpc) is 3.20. The third-order valence-electron chi connectivity index (χ3n) is 9.21. The van der Waals surface area contributed by atoms with Gasteiger partial charge in [0.2, 0.25) is 0 Å². The molecule has 11 heteroatoms. The molecule has 278 valence electrons. The van der Waals surface area contributed by atoms with E-state index in [-0.39, 0.29) is 33.0 Å². The fourth-order valence-corrected chi connectivity index (χ4v) is 6.39. The van der Waals surface area contributed by atoms with Gasteiger partial charge in [-0.3, -0.25) is 0 Å². The lowest BCUT2D eigenvalue weighted by atomic mass is 9.97. The van der Waals surface area contributed by atoms with Gasteiger partial charge in [0.15, 0.2) is 12.6 Å². The zero-order valence-corrected chi connectivity index (χ0v) is 29.2. The molecule has 2 fully saturated rings. The maximum Gasteiger partial charge on any atom is 0.187 e. The number of methoxy groups -OCH3 is 1. The van der Waals surface area contributed by atoms with Crippen LogP contribution in [0.1, 0.15) is 22.3 Å². The highest BCUT2D eigenvalue weighted by atomic mass is 16.7. The van der Waals surface area contributed by atoms with Crippen LogP contribution in [0.25, 0.3) is 0 Å². The second-order valence-electron chi connectivity index (χ2n) is 12.9. The number of aliphatic hydroxyl groups is 3. The van der Waals surface area contributed by atoms with Gasteiger partial charge >= 0.3 is 0 Å². The number of rotatable bonds is 17. The van der Waals surface area contributed by atoms with Crippen molar-refractivity contribution in [1.82, 2.24) is 0 Å². The molecule has 10 atom stereocenters. The van der Waals surface area contributed by atoms with Crippen molar-refractivity contribution in [3.8, 4) is 0 Å². The third-order valence-corrected chi connectivity index (χ3v) is 9.21. The van der Waals surface area contributed by atoms with Gasteiger partial charge in [-0.15, -0.1) is 0 Å². The van der Waals surface area contributed by atoms with Gasteiger partial charge in [0.25, 0.3) is 0 Å². The highest BCUT2D eigenvalue weighted by Gasteiger charge is 2.51. The summed E-state index contributed by atoms with van der Waals surface area (Å²) in [5, 5.41) is 31.8. The molecule has 6 rings (SSSR count). The van der Waals surface area contributed by atoms with Gasteiger partial charge in [-0.2, -0.15) is 0 Å². The van der Waals surface area contributed by atoms with Crippen LogP contribution in [0.15, 0.2) is 121 Å². The first-order valence-corrected chi connectivity index (χ1v) is 17.6. The summed E-state index contributed by atoms with van der Waals surface area (Å²) >= 11 is 0. The molecule has 0 unspecified atom stereocenters. The molecule has 0 bridgehead atoms. The number of benzene rings is 4. The molecule has 11 nitrogen and oxygen atoms in total. The highest BCUT2D eigenvalue weighted by Crippen LogP contribution is 2.33. The molecule has 4 aromatic carbocycles. The average molecular weight is 717 g/mol. The third kappa shape index (κ3) is 10.1. The molecule has 0 saturated carbocycles. The Kier molecular flexibility index (Phi) is 14.3. The van der Waals surface area contributed by atoms with E-state index in [4.69, 9.17) is 37.9 Å². The Morgan fingerprint density at radius 2 is 0.865 bits per heavy atom. The lowest BCUT2D eigenvalue weighted by Gasteiger charge is -2.46. The Morgan fingerprint density at radius 3 is 1.31 bits per heavy atom. The minimum Gasteiger partial charge on any atom is -0.394 e. The quantitative estimate of drug-likeness (QED) is 0.146. The van der Waals surface area contributed by atoms with E-state index in [9.17, 15) is 15.3 Å². The van der Waals surface area contributed by atoms with E-state index in [0.29, 0.717) is 0 Å². The molecule has 2 saturated heterocycles. The molecular formula is C41H48O11. The van der Waals surface area contributed by atoms with Crippen molar-refractivity contribution < 1.29 is 53.2 Å². The molecule has 52 heavy (non-hydrogen) atoms. The summed E-state index contributed by atoms with van der Waals surface area (Å²) in [5.74, 6) is 0. The van der Waals surface area contributed by atoms with E-state index in [1.165, 1.54) is 0 Å². The number of hydrogen-bond acceptors (Lipinski definition) is 11. The smallest absolute Gasteiger partial charge is 0.187 e. The zero-order valence-electron chi connectivity index (χ0n) is 29.2. The summed E-state index contributed by atoms with van der Waals surface area (Å²) in [6, 6.07) is 38.9. The van der Waals surface area contributed by atoms with E-state index in [1.54, 1.807) is 7.11 Å². The van der Waals surface area contributed by atoms with E-state index in [0.717, 1.165) is 22.3 Å². The van der Waals surface area contributed by atoms with Gasteiger partial charge in [0.05, 0.1) is 39.6 Å². The van der Waals surface area contributed by atoms with Crippen molar-refractivity contribution >= 4 is 0 Å². The lowest BCUT2D eigenvalue weighted by Crippen LogP contribution is -2.63. The van der Waals surface area contributed by atoms with Crippen LogP contribution in [0.4, 0.5) is 0 Å². The van der Waals surface area contributed by atoms with Crippen LogP contribution in [-0.4, -0.2) is 97.1 Å². The van der Waals surface area contributed by atoms with Crippen LogP contribution in [0.3, 0.4) is 0 Å². The first-order chi connectivity index (χ1) is 25.5. The molecule has 0 spiro atoms. The van der Waals surface area contributed by atoms with Crippen LogP contribution < -0.4 is 0 Å². The Bertz CT molecular complexity index is 1570. The van der Waals surface area contributed by atoms with Crippen LogP contribution in [0.5, 0.6) is 0 Å². The standard InChI is InChI=1S/C41H48O11/c1-45-40-39(49-26-31-20-12-5-13-21-31)38(48-25-30-18-10-4-11-19-30)36(46-23-28-14-6-2-7-15-28)33(52-40)27-50-41-37(35(44)34(43)32(22-42)51-41)47-24-29-16-8-3-9-17-29/h2-21,32-44H,22-27H2,1H3/t32-,33-,34-,35+,36-,37-,38+,39-,40+,41-/m1/s1. The molecule has 0 aliphatic carbocycles. The van der Waals surface area contributed by atoms with Crippen molar-refractivity contribution in [2.45, 2.75) is 87.8 Å². The van der Waals surface area contributed by atoms with E-state index in [1.807, 2.05) is 121 Å². The maximum atomic E-state index is 11.1. The topological polar surface area (TPSA) is 135 Å². The van der Waals surface area contributed by atoms with Gasteiger partial charge in [-0.1, -0.05) is 121 Å². The Labute approximate surface area is 304 Å². The fourth-order valence-electron chi connectivity index (χ4n) is 6.39. The second-order valence-corrected chi connectivity index (χ2v) is 12.9. The maximum absolute atomic E-state index is 11.1. The molecule has 4 aromatic rings. The molecule has 2 aliphatic heterocycles. The molecule has 0 radical (unpaired) electrons. The van der Waals surface area contributed by atoms with Crippen molar-refractivity contribution in [2.24, 2.45) is 0 Å². The molecule has 0 amide bonds. The summed E-state index contributed by atoms with van der Waals surface area (Å²) in [7, 11) is 1.54. The normalized spacial score (nSPS) is 29.2. The van der Waals surface area contributed by atoms with Gasteiger partial charge in [0, 0.05) is 7.11 Å². The van der Waals surface area contributed by atoms with Crippen LogP contribution in [-0.2, 0) is 64.3 Å². The molecule has 2 aliphatic rings. The Hall–Kier alpha value is -3.56. The summed E-state index contributed by atoms with van der Waals surface area (Å²) < 4.78 is 50.7. The van der Waals surface area contributed by atoms with Crippen molar-refractivity contribution in [1.29, 1.82) is 0 Å². The Balaban J connectivity index is 1.26. The molecule has 3 N–H and O–H groups in total. The van der Waals surface area contributed by atoms with Gasteiger partial charge < -0.3 is 53.2 Å². The van der Waals surface area contributed by atoms with Crippen LogP contribution >= 0.6 is 0 Å². The fraction of sp³-hybridized carbons (Fsp3) is 0.415. The van der Waals surface area contributed by atoms with Crippen molar-refractivity contribution in [3.05, 3.63) is 144 Å². The lowest BCUT2D eigenvalue weighted by molar-refractivity contribution is -0.345. The summed E-state index contributed by atoms with van der Waals surface area (Å²) in [6.07, 6.45) is -9.91. The highest BCUT2D eigenvalue weighted by molar-refractivity contribution is 5.16. The summed E-state index contributed by atoms with van der Waals surface area (Å²) in [4.78, 5) is 0. The van der Waals surface area contributed by atoms with E-state index >= 15 is 0 Å². The second kappa shape index (κ2) is 19.5. The van der Waals surface area contributed by atoms with Crippen LogP contribution in [0.2, 0.25) is 0 Å². The minimum absolute atomic E-state index is 0.104. The van der Waals surface area contributed by atoms with Gasteiger partial charge in [-0.25, -0.2) is 0 Å². The first-order valence-electron chi connectivity index (χ1n) is 17.6. The van der Waals surface area contributed by atoms with Gasteiger partial charge in [-0.05, 0) is 22.3 Å². The number of ether oxygens (including phenoxy) is 8. The number of aliphatic hydroxyl groups excluding tert-OH is 3. The van der Waals surface area contributed by atoms with E-state index in [2.05, 4.69) is 0 Å². The zero-order chi connectivity index (χ0) is 36.1. The summed E-state index contributed by atoms with van der Waals surface area (Å²) in [5.41, 5.74) is 3.75. The number of hydrogen-bond donors (Lipinski definition) is 3. The SMILES string of the molecule is CO[C@H]1O[C@H](CO[C@@H]2O[C@H](CO)[C@@H](O)[C@H](O)[C@H]2OCc2ccccc2)[C@@H](OCc2ccccc2)[C@H](OCc2ccccc2)[C@H]1OCc1ccccc1. The largest absolute Gasteiger partial charge is 0.394 e. The van der Waals surface area contributed by atoms with Crippen LogP contribution in [0, 0.1) is 0 Å². The van der Waals surface area contributed by atoms with E-state index < -0.39 is 68.0 Å². The van der Waals surface area contributed by atoms with Crippen molar-refractivity contribution in [2.75, 3.05) is 20.3 Å². The molecule has 2 heterocycles. The minimum atomic E-state index is -1.40. The molecule has 0 aromatic heterocycles. The summed E-state index contributed by atoms with van der Waals surface area (Å²) in [6.45, 7) is 0.300. The predicted octanol–water partition coefficient (Wildman–Crippen LogP) is 4.15. The van der Waals surface area contributed by atoms with Crippen molar-refractivity contribution in [3.63, 3.8) is 0 Å². The predicted molar refractivity (Wildman–Crippen MR) is 189 cm³/mol. The first kappa shape index (κ1) is 38.2.